The molecule has 0 saturated carbocycles. The maximum atomic E-state index is 11.7. The van der Waals surface area contributed by atoms with Gasteiger partial charge in [0.15, 0.2) is 5.78 Å². The summed E-state index contributed by atoms with van der Waals surface area (Å²) in [5, 5.41) is 0.642. The van der Waals surface area contributed by atoms with E-state index in [0.29, 0.717) is 17.4 Å². The molecule has 0 aromatic heterocycles. The highest BCUT2D eigenvalue weighted by molar-refractivity contribution is 7.88. The summed E-state index contributed by atoms with van der Waals surface area (Å²) in [4.78, 5) is 11.7. The van der Waals surface area contributed by atoms with E-state index in [1.807, 2.05) is 30.3 Å². The molecule has 2 rings (SSSR count). The first kappa shape index (κ1) is 25.2. The predicted octanol–water partition coefficient (Wildman–Crippen LogP) is 4.34. The SMILES string of the molecule is CCCCOc1ccc(C(C)(C)c2ccc(OCC(=O)CNS(C)(=O)=O)cc2)c(Cl)c1. The summed E-state index contributed by atoms with van der Waals surface area (Å²) in [6.07, 6.45) is 3.07. The van der Waals surface area contributed by atoms with Crippen LogP contribution in [0.5, 0.6) is 11.5 Å². The highest BCUT2D eigenvalue weighted by Crippen LogP contribution is 2.38. The molecule has 0 saturated heterocycles. The Morgan fingerprint density at radius 3 is 2.29 bits per heavy atom. The number of benzene rings is 2. The van der Waals surface area contributed by atoms with Crippen LogP contribution in [0.15, 0.2) is 42.5 Å². The second-order valence-corrected chi connectivity index (χ2v) is 10.2. The van der Waals surface area contributed by atoms with Gasteiger partial charge in [0, 0.05) is 10.4 Å². The van der Waals surface area contributed by atoms with Gasteiger partial charge in [-0.05, 0) is 41.8 Å². The van der Waals surface area contributed by atoms with Crippen molar-refractivity contribution in [2.75, 3.05) is 26.0 Å². The van der Waals surface area contributed by atoms with Gasteiger partial charge >= 0.3 is 0 Å². The third-order valence-electron chi connectivity index (χ3n) is 4.89. The molecule has 2 aromatic carbocycles. The van der Waals surface area contributed by atoms with E-state index in [4.69, 9.17) is 21.1 Å². The number of ketones is 1. The van der Waals surface area contributed by atoms with Gasteiger partial charge in [0.25, 0.3) is 0 Å². The number of carbonyl (C=O) groups excluding carboxylic acids is 1. The van der Waals surface area contributed by atoms with Crippen molar-refractivity contribution in [2.24, 2.45) is 0 Å². The van der Waals surface area contributed by atoms with E-state index < -0.39 is 10.0 Å². The quantitative estimate of drug-likeness (QED) is 0.469. The van der Waals surface area contributed by atoms with Gasteiger partial charge < -0.3 is 9.47 Å². The molecule has 0 spiro atoms. The van der Waals surface area contributed by atoms with Crippen LogP contribution in [0.25, 0.3) is 0 Å². The van der Waals surface area contributed by atoms with Gasteiger partial charge in [-0.1, -0.05) is 57.0 Å². The van der Waals surface area contributed by atoms with E-state index in [9.17, 15) is 13.2 Å². The number of halogens is 1. The third kappa shape index (κ3) is 7.83. The zero-order chi connectivity index (χ0) is 23.1. The van der Waals surface area contributed by atoms with Gasteiger partial charge in [0.1, 0.15) is 18.1 Å². The predicted molar refractivity (Wildman–Crippen MR) is 124 cm³/mol. The first-order chi connectivity index (χ1) is 14.5. The van der Waals surface area contributed by atoms with Crippen molar-refractivity contribution in [3.05, 3.63) is 58.6 Å². The number of sulfonamides is 1. The lowest BCUT2D eigenvalue weighted by Crippen LogP contribution is -2.31. The lowest BCUT2D eigenvalue weighted by molar-refractivity contribution is -0.119. The minimum atomic E-state index is -3.41. The maximum Gasteiger partial charge on any atom is 0.209 e. The van der Waals surface area contributed by atoms with E-state index >= 15 is 0 Å². The highest BCUT2D eigenvalue weighted by Gasteiger charge is 2.26. The molecule has 1 N–H and O–H groups in total. The smallest absolute Gasteiger partial charge is 0.209 e. The van der Waals surface area contributed by atoms with E-state index in [2.05, 4.69) is 25.5 Å². The fraction of sp³-hybridized carbons (Fsp3) is 0.435. The molecule has 0 atom stereocenters. The number of hydrogen-bond acceptors (Lipinski definition) is 5. The fourth-order valence-electron chi connectivity index (χ4n) is 2.98. The van der Waals surface area contributed by atoms with Gasteiger partial charge in [-0.25, -0.2) is 13.1 Å². The minimum Gasteiger partial charge on any atom is -0.494 e. The summed E-state index contributed by atoms with van der Waals surface area (Å²) in [7, 11) is -3.41. The molecule has 0 unspecified atom stereocenters. The second kappa shape index (κ2) is 11.0. The molecule has 0 aliphatic carbocycles. The average Bonchev–Trinajstić information content (AvgIpc) is 2.70. The second-order valence-electron chi connectivity index (χ2n) is 7.91. The number of nitrogens with one attached hydrogen (secondary N) is 1. The maximum absolute atomic E-state index is 11.7. The summed E-state index contributed by atoms with van der Waals surface area (Å²) in [6, 6.07) is 13.2. The van der Waals surface area contributed by atoms with E-state index in [1.54, 1.807) is 12.1 Å². The molecule has 31 heavy (non-hydrogen) atoms. The first-order valence-electron chi connectivity index (χ1n) is 10.2. The molecular formula is C23H30ClNO5S. The van der Waals surface area contributed by atoms with E-state index in [-0.39, 0.29) is 24.3 Å². The van der Waals surface area contributed by atoms with Crippen LogP contribution in [0, 0.1) is 0 Å². The standard InChI is InChI=1S/C23H30ClNO5S/c1-5-6-13-29-20-11-12-21(22(24)14-20)23(2,3)17-7-9-19(10-8-17)30-16-18(26)15-25-31(4,27)28/h7-12,14,25H,5-6,13,15-16H2,1-4H3. The number of unbranched alkanes of at least 4 members (excludes halogenated alkanes) is 1. The molecule has 0 aliphatic rings. The minimum absolute atomic E-state index is 0.212. The van der Waals surface area contributed by atoms with Gasteiger partial charge in [0.2, 0.25) is 10.0 Å². The summed E-state index contributed by atoms with van der Waals surface area (Å²) in [5.74, 6) is 0.928. The lowest BCUT2D eigenvalue weighted by atomic mass is 9.78. The molecule has 0 heterocycles. The van der Waals surface area contributed by atoms with Gasteiger partial charge in [0.05, 0.1) is 19.4 Å². The molecule has 170 valence electrons. The van der Waals surface area contributed by atoms with Crippen LogP contribution in [0.3, 0.4) is 0 Å². The molecule has 2 aromatic rings. The first-order valence-corrected chi connectivity index (χ1v) is 12.4. The van der Waals surface area contributed by atoms with Crippen molar-refractivity contribution < 1.29 is 22.7 Å². The normalized spacial score (nSPS) is 11.9. The van der Waals surface area contributed by atoms with Crippen LogP contribution in [-0.4, -0.2) is 40.2 Å². The highest BCUT2D eigenvalue weighted by atomic mass is 35.5. The third-order valence-corrected chi connectivity index (χ3v) is 5.87. The number of rotatable bonds is 12. The Labute approximate surface area is 190 Å². The topological polar surface area (TPSA) is 81.7 Å². The van der Waals surface area contributed by atoms with E-state index in [0.717, 1.165) is 36.0 Å². The van der Waals surface area contributed by atoms with Crippen LogP contribution >= 0.6 is 11.6 Å². The van der Waals surface area contributed by atoms with Crippen molar-refractivity contribution in [1.29, 1.82) is 0 Å². The van der Waals surface area contributed by atoms with Crippen molar-refractivity contribution in [2.45, 2.75) is 39.0 Å². The Morgan fingerprint density at radius 1 is 1.06 bits per heavy atom. The molecule has 8 heteroatoms. The number of Topliss-reactive ketones (excluding diaryl/α,β-unsaturated/α-hetero) is 1. The Balaban J connectivity index is 2.03. The van der Waals surface area contributed by atoms with Crippen LogP contribution in [0.4, 0.5) is 0 Å². The summed E-state index contributed by atoms with van der Waals surface area (Å²) < 4.78 is 35.4. The zero-order valence-corrected chi connectivity index (χ0v) is 20.0. The van der Waals surface area contributed by atoms with E-state index in [1.165, 1.54) is 0 Å². The van der Waals surface area contributed by atoms with Crippen molar-refractivity contribution in [3.8, 4) is 11.5 Å². The monoisotopic (exact) mass is 467 g/mol. The molecule has 0 bridgehead atoms. The Morgan fingerprint density at radius 2 is 1.71 bits per heavy atom. The Bertz CT molecular complexity index is 988. The van der Waals surface area contributed by atoms with Crippen molar-refractivity contribution in [1.82, 2.24) is 4.72 Å². The zero-order valence-electron chi connectivity index (χ0n) is 18.4. The van der Waals surface area contributed by atoms with Crippen molar-refractivity contribution in [3.63, 3.8) is 0 Å². The number of carbonyl (C=O) groups is 1. The molecule has 6 nitrogen and oxygen atoms in total. The number of hydrogen-bond donors (Lipinski definition) is 1. The Kier molecular flexibility index (Phi) is 8.91. The van der Waals surface area contributed by atoms with Crippen LogP contribution in [0.1, 0.15) is 44.7 Å². The van der Waals surface area contributed by atoms with Gasteiger partial charge in [-0.3, -0.25) is 4.79 Å². The van der Waals surface area contributed by atoms with Gasteiger partial charge in [-0.2, -0.15) is 0 Å². The lowest BCUT2D eigenvalue weighted by Gasteiger charge is -2.27. The van der Waals surface area contributed by atoms with Crippen LogP contribution in [-0.2, 0) is 20.2 Å². The number of ether oxygens (including phenoxy) is 2. The summed E-state index contributed by atoms with van der Waals surface area (Å²) >= 11 is 6.56. The summed E-state index contributed by atoms with van der Waals surface area (Å²) in [5.41, 5.74) is 1.66. The Hall–Kier alpha value is -2.09. The molecular weight excluding hydrogens is 438 g/mol. The molecule has 0 amide bonds. The molecule has 0 aliphatic heterocycles. The molecule has 0 fully saturated rings. The van der Waals surface area contributed by atoms with Crippen LogP contribution < -0.4 is 14.2 Å². The fourth-order valence-corrected chi connectivity index (χ4v) is 3.81. The van der Waals surface area contributed by atoms with Crippen molar-refractivity contribution >= 4 is 27.4 Å². The average molecular weight is 468 g/mol. The molecule has 0 radical (unpaired) electrons. The summed E-state index contributed by atoms with van der Waals surface area (Å²) in [6.45, 7) is 6.46. The van der Waals surface area contributed by atoms with Crippen LogP contribution in [0.2, 0.25) is 5.02 Å². The largest absolute Gasteiger partial charge is 0.494 e. The van der Waals surface area contributed by atoms with Gasteiger partial charge in [-0.15, -0.1) is 0 Å².